The van der Waals surface area contributed by atoms with Crippen LogP contribution in [0.1, 0.15) is 11.0 Å². The molecule has 2 rings (SSSR count). The Labute approximate surface area is 85.8 Å². The lowest BCUT2D eigenvalue weighted by molar-refractivity contribution is 0.173. The molecular weight excluding hydrogens is 224 g/mol. The molecule has 82 valence electrons. The molecule has 0 spiro atoms. The average Bonchev–Trinajstić information content (AvgIpc) is 2.61. The third kappa shape index (κ3) is 1.89. The average molecular weight is 232 g/mol. The molecule has 1 aliphatic rings. The fourth-order valence-electron chi connectivity index (χ4n) is 1.24. The van der Waals surface area contributed by atoms with Crippen LogP contribution < -0.4 is 9.47 Å². The first-order valence-electron chi connectivity index (χ1n) is 4.02. The highest BCUT2D eigenvalue weighted by Crippen LogP contribution is 2.34. The van der Waals surface area contributed by atoms with Crippen LogP contribution in [0.3, 0.4) is 0 Å². The fourth-order valence-corrected chi connectivity index (χ4v) is 1.73. The molecule has 1 heterocycles. The largest absolute Gasteiger partial charge is 0.454 e. The molecule has 0 saturated heterocycles. The quantitative estimate of drug-likeness (QED) is 0.712. The van der Waals surface area contributed by atoms with Gasteiger partial charge in [-0.15, -0.1) is 0 Å². The maximum atomic E-state index is 10.7. The molecule has 1 atom stereocenters. The Morgan fingerprint density at radius 2 is 1.93 bits per heavy atom. The number of benzene rings is 1. The van der Waals surface area contributed by atoms with E-state index in [1.807, 2.05) is 0 Å². The van der Waals surface area contributed by atoms with E-state index in [2.05, 4.69) is 0 Å². The molecule has 0 amide bonds. The first kappa shape index (κ1) is 10.2. The Kier molecular flexibility index (Phi) is 2.29. The van der Waals surface area contributed by atoms with Crippen molar-refractivity contribution in [2.75, 3.05) is 6.79 Å². The lowest BCUT2D eigenvalue weighted by Gasteiger charge is -2.07. The minimum atomic E-state index is -4.51. The molecule has 7 heteroatoms. The van der Waals surface area contributed by atoms with E-state index < -0.39 is 15.6 Å². The van der Waals surface area contributed by atoms with Crippen molar-refractivity contribution in [3.8, 4) is 11.5 Å². The van der Waals surface area contributed by atoms with E-state index in [1.165, 1.54) is 18.2 Å². The molecular formula is C8H8O6S. The zero-order valence-corrected chi connectivity index (χ0v) is 8.27. The van der Waals surface area contributed by atoms with Gasteiger partial charge < -0.3 is 14.6 Å². The maximum Gasteiger partial charge on any atom is 0.296 e. The van der Waals surface area contributed by atoms with Crippen molar-refractivity contribution >= 4 is 10.1 Å². The van der Waals surface area contributed by atoms with E-state index in [0.29, 0.717) is 11.5 Å². The summed E-state index contributed by atoms with van der Waals surface area (Å²) in [5.74, 6) is 0.816. The third-order valence-electron chi connectivity index (χ3n) is 1.96. The molecule has 0 saturated carbocycles. The second-order valence-electron chi connectivity index (χ2n) is 2.98. The highest BCUT2D eigenvalue weighted by atomic mass is 32.2. The minimum Gasteiger partial charge on any atom is -0.454 e. The number of ether oxygens (including phenoxy) is 2. The lowest BCUT2D eigenvalue weighted by atomic mass is 10.2. The summed E-state index contributed by atoms with van der Waals surface area (Å²) in [6, 6.07) is 4.11. The summed E-state index contributed by atoms with van der Waals surface area (Å²) in [6.07, 6.45) is 0. The lowest BCUT2D eigenvalue weighted by Crippen LogP contribution is -2.10. The first-order valence-corrected chi connectivity index (χ1v) is 5.53. The molecule has 0 radical (unpaired) electrons. The van der Waals surface area contributed by atoms with Crippen LogP contribution in [0.4, 0.5) is 0 Å². The molecule has 1 aromatic rings. The van der Waals surface area contributed by atoms with Crippen LogP contribution >= 0.6 is 0 Å². The minimum absolute atomic E-state index is 0.0294. The van der Waals surface area contributed by atoms with Gasteiger partial charge >= 0.3 is 0 Å². The second kappa shape index (κ2) is 3.37. The van der Waals surface area contributed by atoms with Crippen LogP contribution in [0, 0.1) is 0 Å². The Morgan fingerprint density at radius 3 is 2.60 bits per heavy atom. The number of hydrogen-bond acceptors (Lipinski definition) is 5. The van der Waals surface area contributed by atoms with Crippen molar-refractivity contribution in [2.24, 2.45) is 0 Å². The normalized spacial score (nSPS) is 16.4. The van der Waals surface area contributed by atoms with Gasteiger partial charge in [-0.05, 0) is 12.1 Å². The Hall–Kier alpha value is -1.31. The first-order chi connectivity index (χ1) is 6.98. The van der Waals surface area contributed by atoms with Crippen molar-refractivity contribution in [2.45, 2.75) is 5.44 Å². The smallest absolute Gasteiger partial charge is 0.296 e. The van der Waals surface area contributed by atoms with Gasteiger partial charge in [-0.1, -0.05) is 6.07 Å². The van der Waals surface area contributed by atoms with Crippen LogP contribution in [0.25, 0.3) is 0 Å². The van der Waals surface area contributed by atoms with Gasteiger partial charge in [-0.2, -0.15) is 8.42 Å². The monoisotopic (exact) mass is 232 g/mol. The highest BCUT2D eigenvalue weighted by molar-refractivity contribution is 7.85. The standard InChI is InChI=1S/C8H8O6S/c9-8(15(10,11)12)5-1-2-6-7(3-5)14-4-13-6/h1-3,8-9H,4H2,(H,10,11,12)/t8-/m0/s1. The van der Waals surface area contributed by atoms with Crippen molar-refractivity contribution < 1.29 is 27.6 Å². The van der Waals surface area contributed by atoms with E-state index >= 15 is 0 Å². The topological polar surface area (TPSA) is 93.1 Å². The predicted octanol–water partition coefficient (Wildman–Crippen LogP) is 0.294. The molecule has 1 aliphatic heterocycles. The van der Waals surface area contributed by atoms with E-state index in [0.717, 1.165) is 0 Å². The zero-order chi connectivity index (χ0) is 11.1. The molecule has 0 aromatic heterocycles. The Bertz CT molecular complexity index is 480. The molecule has 6 nitrogen and oxygen atoms in total. The van der Waals surface area contributed by atoms with Gasteiger partial charge in [0.05, 0.1) is 0 Å². The summed E-state index contributed by atoms with van der Waals surface area (Å²) in [4.78, 5) is 0. The summed E-state index contributed by atoms with van der Waals surface area (Å²) in [6.45, 7) is 0.0563. The van der Waals surface area contributed by atoms with E-state index in [1.54, 1.807) is 0 Å². The maximum absolute atomic E-state index is 10.7. The summed E-state index contributed by atoms with van der Waals surface area (Å²) in [5.41, 5.74) is -1.94. The number of aliphatic hydroxyl groups is 1. The van der Waals surface area contributed by atoms with Gasteiger partial charge in [0.1, 0.15) is 0 Å². The molecule has 0 unspecified atom stereocenters. The van der Waals surface area contributed by atoms with Crippen LogP contribution in [-0.4, -0.2) is 24.9 Å². The predicted molar refractivity (Wildman–Crippen MR) is 49.1 cm³/mol. The summed E-state index contributed by atoms with van der Waals surface area (Å²) < 4.78 is 40.0. The number of fused-ring (bicyclic) bond motifs is 1. The van der Waals surface area contributed by atoms with Crippen LogP contribution in [-0.2, 0) is 10.1 Å². The van der Waals surface area contributed by atoms with Crippen molar-refractivity contribution in [3.05, 3.63) is 23.8 Å². The van der Waals surface area contributed by atoms with E-state index in [-0.39, 0.29) is 12.4 Å². The second-order valence-corrected chi connectivity index (χ2v) is 4.46. The highest BCUT2D eigenvalue weighted by Gasteiger charge is 2.24. The van der Waals surface area contributed by atoms with Crippen LogP contribution in [0.2, 0.25) is 0 Å². The van der Waals surface area contributed by atoms with Crippen molar-refractivity contribution in [3.63, 3.8) is 0 Å². The Balaban J connectivity index is 2.39. The third-order valence-corrected chi connectivity index (χ3v) is 2.80. The van der Waals surface area contributed by atoms with Gasteiger partial charge in [0.2, 0.25) is 12.2 Å². The van der Waals surface area contributed by atoms with Gasteiger partial charge in [-0.25, -0.2) is 0 Å². The molecule has 2 N–H and O–H groups in total. The fraction of sp³-hybridized carbons (Fsp3) is 0.250. The van der Waals surface area contributed by atoms with Gasteiger partial charge in [0, 0.05) is 5.56 Å². The molecule has 15 heavy (non-hydrogen) atoms. The zero-order valence-electron chi connectivity index (χ0n) is 7.45. The Morgan fingerprint density at radius 1 is 1.27 bits per heavy atom. The molecule has 0 fully saturated rings. The molecule has 1 aromatic carbocycles. The van der Waals surface area contributed by atoms with Crippen LogP contribution in [0.5, 0.6) is 11.5 Å². The number of rotatable bonds is 2. The van der Waals surface area contributed by atoms with Gasteiger partial charge in [-0.3, -0.25) is 4.55 Å². The summed E-state index contributed by atoms with van der Waals surface area (Å²) in [7, 11) is -4.51. The van der Waals surface area contributed by atoms with Crippen LogP contribution in [0.15, 0.2) is 18.2 Å². The number of aliphatic hydroxyl groups excluding tert-OH is 1. The van der Waals surface area contributed by atoms with E-state index in [4.69, 9.17) is 14.0 Å². The summed E-state index contributed by atoms with van der Waals surface area (Å²) in [5, 5.41) is 9.25. The van der Waals surface area contributed by atoms with Gasteiger partial charge in [0.15, 0.2) is 11.5 Å². The van der Waals surface area contributed by atoms with Crippen molar-refractivity contribution in [1.82, 2.24) is 0 Å². The van der Waals surface area contributed by atoms with E-state index in [9.17, 15) is 13.5 Å². The number of hydrogen-bond donors (Lipinski definition) is 2. The molecule has 0 aliphatic carbocycles. The van der Waals surface area contributed by atoms with Crippen molar-refractivity contribution in [1.29, 1.82) is 0 Å². The van der Waals surface area contributed by atoms with Gasteiger partial charge in [0.25, 0.3) is 10.1 Å². The SMILES string of the molecule is O=S(=O)(O)[C@H](O)c1ccc2c(c1)OCO2. The molecule has 0 bridgehead atoms. The summed E-state index contributed by atoms with van der Waals surface area (Å²) >= 11 is 0.